The molecule has 0 aromatic carbocycles. The second kappa shape index (κ2) is 5.66. The quantitative estimate of drug-likeness (QED) is 0.912. The maximum atomic E-state index is 5.97. The zero-order chi connectivity index (χ0) is 14.1. The molecule has 3 heterocycles. The molecule has 0 bridgehead atoms. The first-order chi connectivity index (χ1) is 9.61. The molecule has 2 atom stereocenters. The van der Waals surface area contributed by atoms with Crippen molar-refractivity contribution in [3.05, 3.63) is 17.6 Å². The van der Waals surface area contributed by atoms with Gasteiger partial charge in [-0.2, -0.15) is 0 Å². The van der Waals surface area contributed by atoms with Crippen molar-refractivity contribution in [2.24, 2.45) is 5.92 Å². The summed E-state index contributed by atoms with van der Waals surface area (Å²) in [6.07, 6.45) is 3.43. The van der Waals surface area contributed by atoms with Crippen LogP contribution in [0.15, 0.2) is 6.07 Å². The summed E-state index contributed by atoms with van der Waals surface area (Å²) in [4.78, 5) is 11.6. The number of ether oxygens (including phenoxy) is 1. The van der Waals surface area contributed by atoms with Gasteiger partial charge >= 0.3 is 0 Å². The average Bonchev–Trinajstić information content (AvgIpc) is 2.84. The third-order valence-corrected chi connectivity index (χ3v) is 4.11. The van der Waals surface area contributed by atoms with Gasteiger partial charge in [-0.05, 0) is 31.7 Å². The van der Waals surface area contributed by atoms with Crippen molar-refractivity contribution >= 4 is 5.82 Å². The predicted octanol–water partition coefficient (Wildman–Crippen LogP) is 1.79. The monoisotopic (exact) mass is 276 g/mol. The highest BCUT2D eigenvalue weighted by molar-refractivity contribution is 5.30. The Morgan fingerprint density at radius 2 is 2.30 bits per heavy atom. The van der Waals surface area contributed by atoms with Crippen LogP contribution in [0.25, 0.3) is 0 Å². The average molecular weight is 276 g/mol. The molecule has 0 radical (unpaired) electrons. The zero-order valence-corrected chi connectivity index (χ0v) is 12.4. The number of nitrogens with two attached hydrogens (primary N) is 1. The summed E-state index contributed by atoms with van der Waals surface area (Å²) in [7, 11) is 0. The second-order valence-electron chi connectivity index (χ2n) is 6.35. The lowest BCUT2D eigenvalue weighted by atomic mass is 10.1. The van der Waals surface area contributed by atoms with Crippen LogP contribution in [0.2, 0.25) is 0 Å². The van der Waals surface area contributed by atoms with E-state index in [2.05, 4.69) is 28.7 Å². The first-order valence-electron chi connectivity index (χ1n) is 7.61. The third kappa shape index (κ3) is 2.94. The van der Waals surface area contributed by atoms with E-state index < -0.39 is 0 Å². The van der Waals surface area contributed by atoms with Crippen molar-refractivity contribution in [3.8, 4) is 0 Å². The third-order valence-electron chi connectivity index (χ3n) is 4.11. The van der Waals surface area contributed by atoms with E-state index in [0.29, 0.717) is 17.8 Å². The Balaban J connectivity index is 1.77. The number of morpholine rings is 1. The van der Waals surface area contributed by atoms with Crippen molar-refractivity contribution in [2.45, 2.75) is 45.3 Å². The molecule has 2 aliphatic rings. The second-order valence-corrected chi connectivity index (χ2v) is 6.35. The van der Waals surface area contributed by atoms with Gasteiger partial charge in [0.05, 0.1) is 6.61 Å². The van der Waals surface area contributed by atoms with E-state index in [0.717, 1.165) is 31.1 Å². The minimum Gasteiger partial charge on any atom is -0.384 e. The van der Waals surface area contributed by atoms with Crippen LogP contribution in [0.5, 0.6) is 0 Å². The van der Waals surface area contributed by atoms with E-state index in [4.69, 9.17) is 10.5 Å². The molecule has 5 nitrogen and oxygen atoms in total. The number of nitrogen functional groups attached to an aromatic ring is 1. The maximum absolute atomic E-state index is 5.97. The summed E-state index contributed by atoms with van der Waals surface area (Å²) in [5.41, 5.74) is 6.95. The Bertz CT molecular complexity index is 477. The topological polar surface area (TPSA) is 64.3 Å². The molecule has 0 saturated carbocycles. The normalized spacial score (nSPS) is 26.9. The molecular formula is C15H24N4O. The van der Waals surface area contributed by atoms with Crippen LogP contribution in [-0.4, -0.2) is 40.6 Å². The lowest BCUT2D eigenvalue weighted by molar-refractivity contribution is -0.0541. The van der Waals surface area contributed by atoms with Crippen molar-refractivity contribution in [1.82, 2.24) is 14.9 Å². The molecule has 3 rings (SSSR count). The number of rotatable bonds is 3. The minimum absolute atomic E-state index is 0.0289. The Labute approximate surface area is 120 Å². The highest BCUT2D eigenvalue weighted by atomic mass is 16.5. The number of hydrogen-bond donors (Lipinski definition) is 1. The van der Waals surface area contributed by atoms with E-state index in [9.17, 15) is 0 Å². The van der Waals surface area contributed by atoms with Crippen LogP contribution in [-0.2, 0) is 11.2 Å². The molecule has 2 N–H and O–H groups in total. The molecule has 1 aromatic rings. The molecule has 110 valence electrons. The standard InChI is InChI=1S/C15H24N4O/c1-10(2)6-11-7-14(16)18-15(17-11)13-8-19-5-3-4-12(19)9-20-13/h7,10,12-13H,3-6,8-9H2,1-2H3,(H2,16,17,18). The molecule has 2 fully saturated rings. The largest absolute Gasteiger partial charge is 0.384 e. The summed E-state index contributed by atoms with van der Waals surface area (Å²) >= 11 is 0. The minimum atomic E-state index is -0.0289. The van der Waals surface area contributed by atoms with E-state index in [1.54, 1.807) is 0 Å². The van der Waals surface area contributed by atoms with E-state index in [-0.39, 0.29) is 6.10 Å². The summed E-state index contributed by atoms with van der Waals surface area (Å²) in [5, 5.41) is 0. The molecule has 2 unspecified atom stereocenters. The first kappa shape index (κ1) is 13.8. The fourth-order valence-electron chi connectivity index (χ4n) is 3.18. The van der Waals surface area contributed by atoms with Crippen molar-refractivity contribution < 1.29 is 4.74 Å². The van der Waals surface area contributed by atoms with E-state index in [1.165, 1.54) is 19.4 Å². The van der Waals surface area contributed by atoms with Crippen LogP contribution in [0.4, 0.5) is 5.82 Å². The summed E-state index contributed by atoms with van der Waals surface area (Å²) in [6, 6.07) is 2.48. The number of aromatic nitrogens is 2. The fraction of sp³-hybridized carbons (Fsp3) is 0.733. The molecule has 2 aliphatic heterocycles. The molecule has 20 heavy (non-hydrogen) atoms. The maximum Gasteiger partial charge on any atom is 0.161 e. The van der Waals surface area contributed by atoms with Gasteiger partial charge in [-0.25, -0.2) is 9.97 Å². The van der Waals surface area contributed by atoms with Gasteiger partial charge in [-0.3, -0.25) is 4.90 Å². The Kier molecular flexibility index (Phi) is 3.89. The SMILES string of the molecule is CC(C)Cc1cc(N)nc(C2CN3CCCC3CO2)n1. The molecule has 0 spiro atoms. The number of fused-ring (bicyclic) bond motifs is 1. The van der Waals surface area contributed by atoms with Gasteiger partial charge in [0.15, 0.2) is 5.82 Å². The number of hydrogen-bond acceptors (Lipinski definition) is 5. The number of anilines is 1. The lowest BCUT2D eigenvalue weighted by Gasteiger charge is -2.34. The summed E-state index contributed by atoms with van der Waals surface area (Å²) < 4.78 is 5.97. The predicted molar refractivity (Wildman–Crippen MR) is 78.3 cm³/mol. The van der Waals surface area contributed by atoms with Crippen LogP contribution in [0.3, 0.4) is 0 Å². The Morgan fingerprint density at radius 1 is 1.45 bits per heavy atom. The van der Waals surface area contributed by atoms with Gasteiger partial charge in [0.25, 0.3) is 0 Å². The molecule has 1 aromatic heterocycles. The highest BCUT2D eigenvalue weighted by Gasteiger charge is 2.34. The Hall–Kier alpha value is -1.20. The van der Waals surface area contributed by atoms with Crippen LogP contribution in [0.1, 0.15) is 44.3 Å². The molecule has 0 aliphatic carbocycles. The van der Waals surface area contributed by atoms with Gasteiger partial charge in [0.2, 0.25) is 0 Å². The zero-order valence-electron chi connectivity index (χ0n) is 12.4. The van der Waals surface area contributed by atoms with Gasteiger partial charge in [-0.1, -0.05) is 13.8 Å². The van der Waals surface area contributed by atoms with Gasteiger partial charge in [-0.15, -0.1) is 0 Å². The molecular weight excluding hydrogens is 252 g/mol. The van der Waals surface area contributed by atoms with Crippen molar-refractivity contribution in [3.63, 3.8) is 0 Å². The first-order valence-corrected chi connectivity index (χ1v) is 7.61. The smallest absolute Gasteiger partial charge is 0.161 e. The van der Waals surface area contributed by atoms with E-state index >= 15 is 0 Å². The molecule has 0 amide bonds. The highest BCUT2D eigenvalue weighted by Crippen LogP contribution is 2.29. The van der Waals surface area contributed by atoms with Crippen LogP contribution >= 0.6 is 0 Å². The summed E-state index contributed by atoms with van der Waals surface area (Å²) in [5.74, 6) is 1.87. The van der Waals surface area contributed by atoms with Crippen molar-refractivity contribution in [2.75, 3.05) is 25.4 Å². The fourth-order valence-corrected chi connectivity index (χ4v) is 3.18. The summed E-state index contributed by atoms with van der Waals surface area (Å²) in [6.45, 7) is 7.23. The van der Waals surface area contributed by atoms with Gasteiger partial charge in [0, 0.05) is 24.3 Å². The molecule has 2 saturated heterocycles. The van der Waals surface area contributed by atoms with Gasteiger partial charge in [0.1, 0.15) is 11.9 Å². The Morgan fingerprint density at radius 3 is 3.10 bits per heavy atom. The molecule has 5 heteroatoms. The van der Waals surface area contributed by atoms with Gasteiger partial charge < -0.3 is 10.5 Å². The van der Waals surface area contributed by atoms with Crippen molar-refractivity contribution in [1.29, 1.82) is 0 Å². The van der Waals surface area contributed by atoms with Crippen LogP contribution < -0.4 is 5.73 Å². The lowest BCUT2D eigenvalue weighted by Crippen LogP contribution is -2.43. The van der Waals surface area contributed by atoms with Crippen LogP contribution in [0, 0.1) is 5.92 Å². The van der Waals surface area contributed by atoms with E-state index in [1.807, 2.05) is 6.07 Å². The number of nitrogens with zero attached hydrogens (tertiary/aromatic N) is 3.